The largest absolute Gasteiger partial charge is 0.332 e. The van der Waals surface area contributed by atoms with Gasteiger partial charge in [-0.25, -0.2) is 14.5 Å². The lowest BCUT2D eigenvalue weighted by Gasteiger charge is -2.05. The van der Waals surface area contributed by atoms with E-state index in [1.54, 1.807) is 40.7 Å². The Morgan fingerprint density at radius 1 is 1.07 bits per heavy atom. The first-order valence-corrected chi connectivity index (χ1v) is 8.60. The molecule has 9 nitrogen and oxygen atoms in total. The number of hydrogen-bond donors (Lipinski definition) is 0. The van der Waals surface area contributed by atoms with Gasteiger partial charge in [-0.05, 0) is 18.2 Å². The van der Waals surface area contributed by atoms with Crippen molar-refractivity contribution in [1.29, 1.82) is 0 Å². The van der Waals surface area contributed by atoms with E-state index in [1.165, 1.54) is 17.9 Å². The van der Waals surface area contributed by atoms with Crippen LogP contribution in [0.5, 0.6) is 0 Å². The zero-order chi connectivity index (χ0) is 19.3. The van der Waals surface area contributed by atoms with E-state index in [0.717, 1.165) is 4.57 Å². The molecule has 0 aliphatic carbocycles. The normalized spacial score (nSPS) is 11.4. The van der Waals surface area contributed by atoms with Crippen molar-refractivity contribution < 1.29 is 0 Å². The van der Waals surface area contributed by atoms with Gasteiger partial charge < -0.3 is 4.57 Å². The predicted molar refractivity (Wildman–Crippen MR) is 101 cm³/mol. The van der Waals surface area contributed by atoms with Crippen LogP contribution < -0.4 is 11.2 Å². The van der Waals surface area contributed by atoms with Gasteiger partial charge in [-0.1, -0.05) is 28.4 Å². The Labute approximate surface area is 162 Å². The minimum absolute atomic E-state index is 0.269. The number of halogens is 2. The molecule has 0 spiro atoms. The lowest BCUT2D eigenvalue weighted by Crippen LogP contribution is -2.37. The molecule has 138 valence electrons. The fourth-order valence-corrected chi connectivity index (χ4v) is 3.11. The van der Waals surface area contributed by atoms with Crippen molar-refractivity contribution in [2.24, 2.45) is 14.1 Å². The third kappa shape index (κ3) is 2.84. The number of rotatable bonds is 3. The fraction of sp³-hybridized carbons (Fsp3) is 0.188. The summed E-state index contributed by atoms with van der Waals surface area (Å²) in [6.07, 6.45) is 3.22. The molecule has 0 bridgehead atoms. The number of aryl methyl sites for hydroxylation is 1. The topological polar surface area (TPSA) is 92.5 Å². The van der Waals surface area contributed by atoms with Crippen LogP contribution in [0.4, 0.5) is 0 Å². The minimum atomic E-state index is -0.427. The van der Waals surface area contributed by atoms with Crippen LogP contribution in [0.1, 0.15) is 5.69 Å². The van der Waals surface area contributed by atoms with Gasteiger partial charge in [-0.3, -0.25) is 13.9 Å². The van der Waals surface area contributed by atoms with Gasteiger partial charge in [0.05, 0.1) is 34.8 Å². The number of benzene rings is 1. The fourth-order valence-electron chi connectivity index (χ4n) is 2.82. The van der Waals surface area contributed by atoms with E-state index in [2.05, 4.69) is 15.3 Å². The highest BCUT2D eigenvalue weighted by Crippen LogP contribution is 2.24. The van der Waals surface area contributed by atoms with Crippen LogP contribution in [0.25, 0.3) is 16.9 Å². The molecule has 1 aromatic carbocycles. The summed E-state index contributed by atoms with van der Waals surface area (Å²) in [6.45, 7) is 0.269. The first-order valence-electron chi connectivity index (χ1n) is 7.84. The summed E-state index contributed by atoms with van der Waals surface area (Å²) in [5.41, 5.74) is 1.11. The van der Waals surface area contributed by atoms with Crippen molar-refractivity contribution in [3.63, 3.8) is 0 Å². The van der Waals surface area contributed by atoms with Crippen LogP contribution in [0, 0.1) is 0 Å². The van der Waals surface area contributed by atoms with Gasteiger partial charge in [0.25, 0.3) is 5.56 Å². The lowest BCUT2D eigenvalue weighted by molar-refractivity contribution is 0.700. The molecule has 0 N–H and O–H groups in total. The summed E-state index contributed by atoms with van der Waals surface area (Å²) >= 11 is 12.0. The number of hydrogen-bond acceptors (Lipinski definition) is 5. The maximum Gasteiger partial charge on any atom is 0.332 e. The third-order valence-electron chi connectivity index (χ3n) is 4.26. The van der Waals surface area contributed by atoms with E-state index in [9.17, 15) is 9.59 Å². The van der Waals surface area contributed by atoms with Crippen molar-refractivity contribution in [2.75, 3.05) is 0 Å². The summed E-state index contributed by atoms with van der Waals surface area (Å²) in [5.74, 6) is 0. The first-order chi connectivity index (χ1) is 12.9. The molecule has 0 saturated heterocycles. The van der Waals surface area contributed by atoms with Gasteiger partial charge in [-0.15, -0.1) is 5.10 Å². The van der Waals surface area contributed by atoms with E-state index in [4.69, 9.17) is 23.2 Å². The van der Waals surface area contributed by atoms with Gasteiger partial charge in [0, 0.05) is 14.1 Å². The summed E-state index contributed by atoms with van der Waals surface area (Å²) in [7, 11) is 3.00. The molecule has 3 heterocycles. The second-order valence-corrected chi connectivity index (χ2v) is 6.82. The van der Waals surface area contributed by atoms with Gasteiger partial charge in [0.1, 0.15) is 5.69 Å². The van der Waals surface area contributed by atoms with E-state index in [0.29, 0.717) is 32.6 Å². The first kappa shape index (κ1) is 17.5. The molecule has 0 saturated carbocycles. The van der Waals surface area contributed by atoms with Crippen molar-refractivity contribution in [2.45, 2.75) is 6.54 Å². The molecule has 4 rings (SSSR count). The highest BCUT2D eigenvalue weighted by Gasteiger charge is 2.15. The number of aromatic nitrogens is 7. The van der Waals surface area contributed by atoms with Gasteiger partial charge >= 0.3 is 5.69 Å². The quantitative estimate of drug-likeness (QED) is 0.513. The van der Waals surface area contributed by atoms with Gasteiger partial charge in [0.15, 0.2) is 11.2 Å². The molecular weight excluding hydrogens is 393 g/mol. The van der Waals surface area contributed by atoms with E-state index in [1.807, 2.05) is 0 Å². The Bertz CT molecular complexity index is 1300. The summed E-state index contributed by atoms with van der Waals surface area (Å²) in [6, 6.07) is 5.12. The van der Waals surface area contributed by atoms with Crippen molar-refractivity contribution in [3.05, 3.63) is 67.3 Å². The summed E-state index contributed by atoms with van der Waals surface area (Å²) in [4.78, 5) is 28.7. The average Bonchev–Trinajstić information content (AvgIpc) is 3.28. The molecule has 0 atom stereocenters. The zero-order valence-corrected chi connectivity index (χ0v) is 15.8. The van der Waals surface area contributed by atoms with Crippen molar-refractivity contribution in [3.8, 4) is 5.69 Å². The molecule has 3 aromatic heterocycles. The minimum Gasteiger partial charge on any atom is -0.318 e. The molecule has 0 radical (unpaired) electrons. The van der Waals surface area contributed by atoms with Gasteiger partial charge in [0.2, 0.25) is 0 Å². The van der Waals surface area contributed by atoms with E-state index >= 15 is 0 Å². The number of nitrogens with zero attached hydrogens (tertiary/aromatic N) is 7. The molecule has 0 fully saturated rings. The molecule has 0 aliphatic heterocycles. The SMILES string of the molecule is Cn1c(=O)c2c(ncn2Cc2cn(-c3ccc(Cl)c(Cl)c3)nn2)n(C)c1=O. The van der Waals surface area contributed by atoms with Crippen molar-refractivity contribution >= 4 is 34.4 Å². The van der Waals surface area contributed by atoms with Crippen LogP contribution in [0.2, 0.25) is 10.0 Å². The third-order valence-corrected chi connectivity index (χ3v) is 5.00. The Morgan fingerprint density at radius 2 is 1.85 bits per heavy atom. The van der Waals surface area contributed by atoms with Gasteiger partial charge in [-0.2, -0.15) is 0 Å². The molecule has 27 heavy (non-hydrogen) atoms. The van der Waals surface area contributed by atoms with Crippen LogP contribution in [-0.2, 0) is 20.6 Å². The Morgan fingerprint density at radius 3 is 2.59 bits per heavy atom. The molecule has 4 aromatic rings. The van der Waals surface area contributed by atoms with Crippen LogP contribution in [0.3, 0.4) is 0 Å². The second-order valence-electron chi connectivity index (χ2n) is 6.00. The maximum absolute atomic E-state index is 12.5. The molecule has 0 aliphatic rings. The Hall–Kier alpha value is -2.91. The summed E-state index contributed by atoms with van der Waals surface area (Å²) in [5, 5.41) is 9.08. The predicted octanol–water partition coefficient (Wildman–Crippen LogP) is 1.37. The monoisotopic (exact) mass is 405 g/mol. The Balaban J connectivity index is 1.74. The smallest absolute Gasteiger partial charge is 0.318 e. The van der Waals surface area contributed by atoms with E-state index in [-0.39, 0.29) is 6.54 Å². The highest BCUT2D eigenvalue weighted by atomic mass is 35.5. The standard InChI is InChI=1S/C16H13Cl2N7O2/c1-22-14-13(15(26)23(2)16(22)27)24(8-19-14)6-9-7-25(21-20-9)10-3-4-11(17)12(18)5-10/h3-5,7-8H,6H2,1-2H3. The zero-order valence-electron chi connectivity index (χ0n) is 14.3. The van der Waals surface area contributed by atoms with Crippen LogP contribution >= 0.6 is 23.2 Å². The van der Waals surface area contributed by atoms with Crippen molar-refractivity contribution in [1.82, 2.24) is 33.7 Å². The number of imidazole rings is 1. The molecule has 0 unspecified atom stereocenters. The summed E-state index contributed by atoms with van der Waals surface area (Å²) < 4.78 is 5.58. The molecule has 11 heteroatoms. The number of fused-ring (bicyclic) bond motifs is 1. The highest BCUT2D eigenvalue weighted by molar-refractivity contribution is 6.42. The second kappa shape index (κ2) is 6.36. The Kier molecular flexibility index (Phi) is 4.12. The molecule has 0 amide bonds. The average molecular weight is 406 g/mol. The van der Waals surface area contributed by atoms with Crippen LogP contribution in [-0.4, -0.2) is 33.7 Å². The maximum atomic E-state index is 12.5. The van der Waals surface area contributed by atoms with E-state index < -0.39 is 11.2 Å². The van der Waals surface area contributed by atoms with Crippen LogP contribution in [0.15, 0.2) is 40.3 Å². The lowest BCUT2D eigenvalue weighted by atomic mass is 10.3. The molecular formula is C16H13Cl2N7O2.